The van der Waals surface area contributed by atoms with Crippen LogP contribution in [-0.2, 0) is 0 Å². The Kier molecular flexibility index (Phi) is 3.23. The molecule has 0 radical (unpaired) electrons. The van der Waals surface area contributed by atoms with Crippen molar-refractivity contribution in [1.29, 1.82) is 0 Å². The van der Waals surface area contributed by atoms with Crippen molar-refractivity contribution in [1.82, 2.24) is 9.97 Å². The minimum atomic E-state index is -0.309. The fraction of sp³-hybridized carbons (Fsp3) is 0.0909. The summed E-state index contributed by atoms with van der Waals surface area (Å²) in [6.07, 6.45) is 1.51. The molecule has 2 rings (SSSR count). The largest absolute Gasteiger partial charge is 0.368 e. The zero-order valence-corrected chi connectivity index (χ0v) is 10.6. The molecule has 4 nitrogen and oxygen atoms in total. The summed E-state index contributed by atoms with van der Waals surface area (Å²) >= 11 is 3.27. The van der Waals surface area contributed by atoms with Crippen LogP contribution >= 0.6 is 15.9 Å². The summed E-state index contributed by atoms with van der Waals surface area (Å²) in [6, 6.07) is 5.09. The predicted octanol–water partition coefficient (Wildman–Crippen LogP) is 3.01. The summed E-state index contributed by atoms with van der Waals surface area (Å²) in [5, 5.41) is 2.87. The van der Waals surface area contributed by atoms with Gasteiger partial charge in [-0.05, 0) is 34.5 Å². The Labute approximate surface area is 106 Å². The van der Waals surface area contributed by atoms with Crippen LogP contribution in [0.25, 0.3) is 0 Å². The number of nitrogen functional groups attached to an aromatic ring is 1. The van der Waals surface area contributed by atoms with Gasteiger partial charge in [0.05, 0.1) is 10.2 Å². The molecule has 88 valence electrons. The summed E-state index contributed by atoms with van der Waals surface area (Å²) in [5.41, 5.74) is 6.39. The SMILES string of the molecule is Cc1cccc(Nc2nc(N)ncc2Br)c1F. The second-order valence-corrected chi connectivity index (χ2v) is 4.34. The lowest BCUT2D eigenvalue weighted by Crippen LogP contribution is -2.02. The molecule has 0 spiro atoms. The quantitative estimate of drug-likeness (QED) is 0.894. The Bertz CT molecular complexity index is 559. The highest BCUT2D eigenvalue weighted by Gasteiger charge is 2.08. The van der Waals surface area contributed by atoms with Crippen LogP contribution in [0, 0.1) is 12.7 Å². The molecule has 0 unspecified atom stereocenters. The number of aromatic nitrogens is 2. The topological polar surface area (TPSA) is 63.8 Å². The van der Waals surface area contributed by atoms with Crippen LogP contribution < -0.4 is 11.1 Å². The fourth-order valence-electron chi connectivity index (χ4n) is 1.34. The average molecular weight is 297 g/mol. The Morgan fingerprint density at radius 1 is 1.41 bits per heavy atom. The molecule has 0 saturated heterocycles. The minimum absolute atomic E-state index is 0.128. The van der Waals surface area contributed by atoms with Gasteiger partial charge in [0.25, 0.3) is 0 Å². The van der Waals surface area contributed by atoms with Gasteiger partial charge in [0.1, 0.15) is 11.6 Å². The van der Waals surface area contributed by atoms with Crippen molar-refractivity contribution in [3.63, 3.8) is 0 Å². The van der Waals surface area contributed by atoms with Crippen LogP contribution in [0.2, 0.25) is 0 Å². The molecule has 0 fully saturated rings. The molecule has 1 aromatic carbocycles. The van der Waals surface area contributed by atoms with Crippen molar-refractivity contribution in [3.8, 4) is 0 Å². The molecule has 0 aliphatic heterocycles. The number of benzene rings is 1. The van der Waals surface area contributed by atoms with E-state index in [-0.39, 0.29) is 11.8 Å². The predicted molar refractivity (Wildman–Crippen MR) is 68.6 cm³/mol. The van der Waals surface area contributed by atoms with Crippen molar-refractivity contribution in [2.24, 2.45) is 0 Å². The van der Waals surface area contributed by atoms with E-state index >= 15 is 0 Å². The van der Waals surface area contributed by atoms with Gasteiger partial charge in [-0.15, -0.1) is 0 Å². The van der Waals surface area contributed by atoms with E-state index in [4.69, 9.17) is 5.73 Å². The number of rotatable bonds is 2. The molecule has 1 aromatic heterocycles. The second kappa shape index (κ2) is 4.67. The first kappa shape index (κ1) is 11.8. The number of halogens is 2. The van der Waals surface area contributed by atoms with Crippen LogP contribution in [0.15, 0.2) is 28.9 Å². The molecule has 0 atom stereocenters. The molecule has 0 saturated carbocycles. The van der Waals surface area contributed by atoms with Crippen LogP contribution in [0.5, 0.6) is 0 Å². The Morgan fingerprint density at radius 3 is 2.94 bits per heavy atom. The molecule has 0 aliphatic carbocycles. The number of nitrogens with one attached hydrogen (secondary N) is 1. The lowest BCUT2D eigenvalue weighted by Gasteiger charge is -2.09. The maximum Gasteiger partial charge on any atom is 0.222 e. The Morgan fingerprint density at radius 2 is 2.18 bits per heavy atom. The van der Waals surface area contributed by atoms with Gasteiger partial charge in [0.15, 0.2) is 0 Å². The number of aryl methyl sites for hydroxylation is 1. The van der Waals surface area contributed by atoms with E-state index in [0.717, 1.165) is 0 Å². The summed E-state index contributed by atoms with van der Waals surface area (Å²) in [7, 11) is 0. The van der Waals surface area contributed by atoms with E-state index in [0.29, 0.717) is 21.5 Å². The van der Waals surface area contributed by atoms with Gasteiger partial charge < -0.3 is 11.1 Å². The highest BCUT2D eigenvalue weighted by molar-refractivity contribution is 9.10. The number of hydrogen-bond donors (Lipinski definition) is 2. The summed E-state index contributed by atoms with van der Waals surface area (Å²) < 4.78 is 14.4. The van der Waals surface area contributed by atoms with Crippen molar-refractivity contribution in [3.05, 3.63) is 40.2 Å². The average Bonchev–Trinajstić information content (AvgIpc) is 2.30. The van der Waals surface area contributed by atoms with Gasteiger partial charge in [-0.1, -0.05) is 12.1 Å². The van der Waals surface area contributed by atoms with Crippen LogP contribution in [0.3, 0.4) is 0 Å². The first-order valence-corrected chi connectivity index (χ1v) is 5.67. The van der Waals surface area contributed by atoms with Gasteiger partial charge in [0, 0.05) is 6.20 Å². The van der Waals surface area contributed by atoms with Gasteiger partial charge in [-0.2, -0.15) is 4.98 Å². The smallest absolute Gasteiger partial charge is 0.222 e. The number of hydrogen-bond acceptors (Lipinski definition) is 4. The first-order valence-electron chi connectivity index (χ1n) is 4.88. The molecule has 3 N–H and O–H groups in total. The van der Waals surface area contributed by atoms with E-state index in [1.807, 2.05) is 0 Å². The van der Waals surface area contributed by atoms with Crippen LogP contribution in [-0.4, -0.2) is 9.97 Å². The fourth-order valence-corrected chi connectivity index (χ4v) is 1.63. The van der Waals surface area contributed by atoms with Gasteiger partial charge in [-0.3, -0.25) is 0 Å². The lowest BCUT2D eigenvalue weighted by atomic mass is 10.2. The normalized spacial score (nSPS) is 10.3. The maximum atomic E-state index is 13.8. The maximum absolute atomic E-state index is 13.8. The molecule has 0 aliphatic rings. The van der Waals surface area contributed by atoms with Gasteiger partial charge in [-0.25, -0.2) is 9.37 Å². The molecule has 2 aromatic rings. The highest BCUT2D eigenvalue weighted by atomic mass is 79.9. The Hall–Kier alpha value is -1.69. The van der Waals surface area contributed by atoms with E-state index in [1.165, 1.54) is 6.20 Å². The third kappa shape index (κ3) is 2.52. The molecular weight excluding hydrogens is 287 g/mol. The second-order valence-electron chi connectivity index (χ2n) is 3.49. The summed E-state index contributed by atoms with van der Waals surface area (Å²) in [5.74, 6) is 0.252. The summed E-state index contributed by atoms with van der Waals surface area (Å²) in [4.78, 5) is 7.79. The molecule has 0 amide bonds. The summed E-state index contributed by atoms with van der Waals surface area (Å²) in [6.45, 7) is 1.70. The third-order valence-electron chi connectivity index (χ3n) is 2.21. The lowest BCUT2D eigenvalue weighted by molar-refractivity contribution is 0.622. The van der Waals surface area contributed by atoms with Crippen molar-refractivity contribution < 1.29 is 4.39 Å². The zero-order valence-electron chi connectivity index (χ0n) is 9.04. The van der Waals surface area contributed by atoms with Crippen molar-refractivity contribution in [2.75, 3.05) is 11.1 Å². The van der Waals surface area contributed by atoms with Gasteiger partial charge >= 0.3 is 0 Å². The van der Waals surface area contributed by atoms with E-state index in [9.17, 15) is 4.39 Å². The van der Waals surface area contributed by atoms with Crippen LogP contribution in [0.1, 0.15) is 5.56 Å². The van der Waals surface area contributed by atoms with E-state index < -0.39 is 0 Å². The molecule has 0 bridgehead atoms. The Balaban J connectivity index is 2.38. The number of nitrogens with zero attached hydrogens (tertiary/aromatic N) is 2. The van der Waals surface area contributed by atoms with E-state index in [1.54, 1.807) is 25.1 Å². The monoisotopic (exact) mass is 296 g/mol. The molecular formula is C11H10BrFN4. The van der Waals surface area contributed by atoms with Gasteiger partial charge in [0.2, 0.25) is 5.95 Å². The minimum Gasteiger partial charge on any atom is -0.368 e. The first-order chi connectivity index (χ1) is 8.08. The molecule has 17 heavy (non-hydrogen) atoms. The molecule has 1 heterocycles. The van der Waals surface area contributed by atoms with E-state index in [2.05, 4.69) is 31.2 Å². The molecule has 6 heteroatoms. The van der Waals surface area contributed by atoms with Crippen molar-refractivity contribution >= 4 is 33.4 Å². The zero-order chi connectivity index (χ0) is 12.4. The highest BCUT2D eigenvalue weighted by Crippen LogP contribution is 2.26. The van der Waals surface area contributed by atoms with Crippen LogP contribution in [0.4, 0.5) is 21.8 Å². The van der Waals surface area contributed by atoms with Crippen molar-refractivity contribution in [2.45, 2.75) is 6.92 Å². The standard InChI is InChI=1S/C11H10BrFN4/c1-6-3-2-4-8(9(6)13)16-10-7(12)5-15-11(14)17-10/h2-5H,1H3,(H3,14,15,16,17). The third-order valence-corrected chi connectivity index (χ3v) is 2.79. The number of nitrogens with two attached hydrogens (primary N) is 1. The number of anilines is 3.